The number of hydrogen-bond acceptors (Lipinski definition) is 3. The minimum Gasteiger partial charge on any atom is -0.357 e. The second-order valence-electron chi connectivity index (χ2n) is 4.51. The highest BCUT2D eigenvalue weighted by atomic mass is 35.5. The van der Waals surface area contributed by atoms with Gasteiger partial charge in [-0.15, -0.1) is 0 Å². The molecule has 4 heteroatoms. The van der Waals surface area contributed by atoms with Crippen LogP contribution in [0.15, 0.2) is 12.1 Å². The maximum absolute atomic E-state index is 8.92. The number of rotatable bonds is 2. The van der Waals surface area contributed by atoms with Crippen LogP contribution in [0, 0.1) is 11.3 Å². The van der Waals surface area contributed by atoms with Gasteiger partial charge in [-0.25, -0.2) is 4.98 Å². The first-order valence-corrected chi connectivity index (χ1v) is 6.39. The molecule has 0 saturated heterocycles. The van der Waals surface area contributed by atoms with E-state index in [0.717, 1.165) is 5.82 Å². The summed E-state index contributed by atoms with van der Waals surface area (Å²) in [5.74, 6) is 0.845. The summed E-state index contributed by atoms with van der Waals surface area (Å²) in [7, 11) is 2.05. The number of anilines is 1. The summed E-state index contributed by atoms with van der Waals surface area (Å²) in [4.78, 5) is 6.48. The van der Waals surface area contributed by atoms with Crippen molar-refractivity contribution in [2.75, 3.05) is 11.9 Å². The van der Waals surface area contributed by atoms with Crippen molar-refractivity contribution < 1.29 is 0 Å². The molecule has 0 radical (unpaired) electrons. The number of halogens is 1. The van der Waals surface area contributed by atoms with E-state index < -0.39 is 0 Å². The molecule has 0 atom stereocenters. The zero-order valence-electron chi connectivity index (χ0n) is 9.99. The molecule has 0 unspecified atom stereocenters. The summed E-state index contributed by atoms with van der Waals surface area (Å²) >= 11 is 5.88. The number of pyridine rings is 1. The Morgan fingerprint density at radius 3 is 2.71 bits per heavy atom. The Labute approximate surface area is 107 Å². The van der Waals surface area contributed by atoms with Crippen LogP contribution in [0.5, 0.6) is 0 Å². The summed E-state index contributed by atoms with van der Waals surface area (Å²) < 4.78 is 0. The molecule has 0 amide bonds. The lowest BCUT2D eigenvalue weighted by Gasteiger charge is -2.32. The van der Waals surface area contributed by atoms with E-state index >= 15 is 0 Å². The second kappa shape index (κ2) is 5.37. The van der Waals surface area contributed by atoms with E-state index in [2.05, 4.69) is 9.88 Å². The van der Waals surface area contributed by atoms with Crippen molar-refractivity contribution in [1.82, 2.24) is 4.98 Å². The lowest BCUT2D eigenvalue weighted by atomic mass is 9.94. The predicted molar refractivity (Wildman–Crippen MR) is 69.2 cm³/mol. The van der Waals surface area contributed by atoms with Crippen LogP contribution in [0.2, 0.25) is 5.02 Å². The zero-order chi connectivity index (χ0) is 12.3. The standard InChI is InChI=1S/C13H16ClN3/c1-17(10-5-3-2-4-6-10)13-8-7-11(14)12(9-15)16-13/h7-8,10H,2-6H2,1H3. The van der Waals surface area contributed by atoms with E-state index in [4.69, 9.17) is 16.9 Å². The first kappa shape index (κ1) is 12.2. The van der Waals surface area contributed by atoms with Crippen molar-refractivity contribution in [2.24, 2.45) is 0 Å². The molecule has 1 aromatic rings. The fourth-order valence-electron chi connectivity index (χ4n) is 2.36. The third kappa shape index (κ3) is 2.70. The van der Waals surface area contributed by atoms with Crippen molar-refractivity contribution in [3.63, 3.8) is 0 Å². The molecule has 1 fully saturated rings. The van der Waals surface area contributed by atoms with Crippen LogP contribution in [-0.4, -0.2) is 18.1 Å². The highest BCUT2D eigenvalue weighted by Crippen LogP contribution is 2.26. The van der Waals surface area contributed by atoms with Gasteiger partial charge in [0.1, 0.15) is 11.9 Å². The number of hydrogen-bond donors (Lipinski definition) is 0. The van der Waals surface area contributed by atoms with Gasteiger partial charge in [0, 0.05) is 13.1 Å². The fraction of sp³-hybridized carbons (Fsp3) is 0.538. The largest absolute Gasteiger partial charge is 0.357 e. The van der Waals surface area contributed by atoms with Crippen LogP contribution < -0.4 is 4.90 Å². The van der Waals surface area contributed by atoms with E-state index in [0.29, 0.717) is 16.8 Å². The van der Waals surface area contributed by atoms with Gasteiger partial charge < -0.3 is 4.90 Å². The van der Waals surface area contributed by atoms with Crippen LogP contribution >= 0.6 is 11.6 Å². The first-order valence-electron chi connectivity index (χ1n) is 6.02. The molecule has 90 valence electrons. The minimum absolute atomic E-state index is 0.312. The fourth-order valence-corrected chi connectivity index (χ4v) is 2.51. The molecule has 1 aliphatic carbocycles. The van der Waals surface area contributed by atoms with E-state index in [1.807, 2.05) is 19.2 Å². The molecule has 1 saturated carbocycles. The average Bonchev–Trinajstić information content (AvgIpc) is 2.39. The van der Waals surface area contributed by atoms with Crippen LogP contribution in [-0.2, 0) is 0 Å². The molecule has 0 N–H and O–H groups in total. The van der Waals surface area contributed by atoms with Gasteiger partial charge in [-0.2, -0.15) is 5.26 Å². The lowest BCUT2D eigenvalue weighted by molar-refractivity contribution is 0.426. The van der Waals surface area contributed by atoms with Crippen molar-refractivity contribution in [1.29, 1.82) is 5.26 Å². The Bertz CT molecular complexity index is 433. The number of aromatic nitrogens is 1. The Morgan fingerprint density at radius 2 is 2.06 bits per heavy atom. The molecule has 0 aromatic carbocycles. The first-order chi connectivity index (χ1) is 8.22. The summed E-state index contributed by atoms with van der Waals surface area (Å²) in [5.41, 5.74) is 0.312. The Balaban J connectivity index is 2.18. The minimum atomic E-state index is 0.312. The van der Waals surface area contributed by atoms with Crippen molar-refractivity contribution in [2.45, 2.75) is 38.1 Å². The molecule has 0 aliphatic heterocycles. The molecular weight excluding hydrogens is 234 g/mol. The lowest BCUT2D eigenvalue weighted by Crippen LogP contribution is -2.33. The van der Waals surface area contributed by atoms with Crippen LogP contribution in [0.25, 0.3) is 0 Å². The molecule has 0 spiro atoms. The van der Waals surface area contributed by atoms with Gasteiger partial charge in [-0.1, -0.05) is 30.9 Å². The van der Waals surface area contributed by atoms with E-state index in [1.54, 1.807) is 6.07 Å². The van der Waals surface area contributed by atoms with Crippen LogP contribution in [0.1, 0.15) is 37.8 Å². The van der Waals surface area contributed by atoms with Gasteiger partial charge in [0.05, 0.1) is 5.02 Å². The predicted octanol–water partition coefficient (Wildman–Crippen LogP) is 3.38. The molecule has 3 nitrogen and oxygen atoms in total. The maximum atomic E-state index is 8.92. The normalized spacial score (nSPS) is 16.5. The van der Waals surface area contributed by atoms with Gasteiger partial charge in [0.15, 0.2) is 5.69 Å². The van der Waals surface area contributed by atoms with Crippen LogP contribution in [0.3, 0.4) is 0 Å². The molecule has 1 aliphatic rings. The van der Waals surface area contributed by atoms with Gasteiger partial charge in [0.25, 0.3) is 0 Å². The topological polar surface area (TPSA) is 39.9 Å². The molecule has 0 bridgehead atoms. The Kier molecular flexibility index (Phi) is 3.86. The third-order valence-corrected chi connectivity index (χ3v) is 3.73. The Morgan fingerprint density at radius 1 is 1.35 bits per heavy atom. The van der Waals surface area contributed by atoms with Gasteiger partial charge in [0.2, 0.25) is 0 Å². The summed E-state index contributed by atoms with van der Waals surface area (Å²) in [6.07, 6.45) is 6.33. The van der Waals surface area contributed by atoms with Crippen molar-refractivity contribution >= 4 is 17.4 Å². The summed E-state index contributed by atoms with van der Waals surface area (Å²) in [6.45, 7) is 0. The van der Waals surface area contributed by atoms with Crippen molar-refractivity contribution in [3.05, 3.63) is 22.8 Å². The summed E-state index contributed by atoms with van der Waals surface area (Å²) in [5, 5.41) is 9.34. The summed E-state index contributed by atoms with van der Waals surface area (Å²) in [6, 6.07) is 6.21. The van der Waals surface area contributed by atoms with E-state index in [1.165, 1.54) is 32.1 Å². The maximum Gasteiger partial charge on any atom is 0.161 e. The van der Waals surface area contributed by atoms with Crippen LogP contribution in [0.4, 0.5) is 5.82 Å². The van der Waals surface area contributed by atoms with E-state index in [9.17, 15) is 0 Å². The van der Waals surface area contributed by atoms with E-state index in [-0.39, 0.29) is 0 Å². The average molecular weight is 250 g/mol. The second-order valence-corrected chi connectivity index (χ2v) is 4.92. The molecule has 17 heavy (non-hydrogen) atoms. The third-order valence-electron chi connectivity index (χ3n) is 3.42. The Hall–Kier alpha value is -1.27. The monoisotopic (exact) mass is 249 g/mol. The SMILES string of the molecule is CN(c1ccc(Cl)c(C#N)n1)C1CCCCC1. The zero-order valence-corrected chi connectivity index (χ0v) is 10.7. The highest BCUT2D eigenvalue weighted by Gasteiger charge is 2.19. The van der Waals surface area contributed by atoms with Gasteiger partial charge >= 0.3 is 0 Å². The number of nitriles is 1. The smallest absolute Gasteiger partial charge is 0.161 e. The molecule has 2 rings (SSSR count). The molecule has 1 aromatic heterocycles. The van der Waals surface area contributed by atoms with Gasteiger partial charge in [-0.3, -0.25) is 0 Å². The molecule has 1 heterocycles. The highest BCUT2D eigenvalue weighted by molar-refractivity contribution is 6.31. The van der Waals surface area contributed by atoms with Crippen molar-refractivity contribution in [3.8, 4) is 6.07 Å². The molecular formula is C13H16ClN3. The number of nitrogens with zero attached hydrogens (tertiary/aromatic N) is 3. The quantitative estimate of drug-likeness (QED) is 0.807. The van der Waals surface area contributed by atoms with Gasteiger partial charge in [-0.05, 0) is 25.0 Å².